The van der Waals surface area contributed by atoms with Crippen LogP contribution in [0.2, 0.25) is 0 Å². The molecule has 1 aromatic carbocycles. The summed E-state index contributed by atoms with van der Waals surface area (Å²) in [5.74, 6) is 0. The molecule has 1 heterocycles. The van der Waals surface area contributed by atoms with E-state index < -0.39 is 0 Å². The summed E-state index contributed by atoms with van der Waals surface area (Å²) in [6.45, 7) is 2.81. The predicted octanol–water partition coefficient (Wildman–Crippen LogP) is 2.46. The minimum atomic E-state index is 0.570. The monoisotopic (exact) mass is 288 g/mol. The normalized spacial score (nSPS) is 10.4. The second kappa shape index (κ2) is 7.65. The number of aromatic nitrogens is 2. The molecular weight excluding hydrogens is 268 g/mol. The minimum Gasteiger partial charge on any atom is -0.393 e. The van der Waals surface area contributed by atoms with E-state index in [9.17, 15) is 0 Å². The standard InChI is InChI=1S/C15H20N4S/c16-15(20)7-11-19(14-5-2-1-3-6-14)10-4-9-18-12-8-17-13-18/h1-3,5-6,8,12-13H,4,7,9-11H2,(H2,16,20). The van der Waals surface area contributed by atoms with Crippen LogP contribution in [0, 0.1) is 0 Å². The number of aryl methyl sites for hydroxylation is 1. The molecular formula is C15H20N4S. The molecule has 0 fully saturated rings. The Morgan fingerprint density at radius 3 is 2.70 bits per heavy atom. The molecule has 20 heavy (non-hydrogen) atoms. The van der Waals surface area contributed by atoms with E-state index in [4.69, 9.17) is 18.0 Å². The number of para-hydroxylation sites is 1. The van der Waals surface area contributed by atoms with E-state index in [1.54, 1.807) is 0 Å². The first-order valence-corrected chi connectivity index (χ1v) is 7.20. The van der Waals surface area contributed by atoms with Gasteiger partial charge in [-0.05, 0) is 18.6 Å². The van der Waals surface area contributed by atoms with Crippen molar-refractivity contribution < 1.29 is 0 Å². The third-order valence-corrected chi connectivity index (χ3v) is 3.36. The lowest BCUT2D eigenvalue weighted by Gasteiger charge is -2.24. The molecule has 0 bridgehead atoms. The molecule has 0 saturated heterocycles. The molecule has 0 radical (unpaired) electrons. The molecule has 0 aliphatic heterocycles. The fraction of sp³-hybridized carbons (Fsp3) is 0.333. The van der Waals surface area contributed by atoms with Crippen molar-refractivity contribution in [1.82, 2.24) is 9.55 Å². The highest BCUT2D eigenvalue weighted by Gasteiger charge is 2.06. The minimum absolute atomic E-state index is 0.570. The molecule has 0 aliphatic rings. The van der Waals surface area contributed by atoms with Gasteiger partial charge in [-0.1, -0.05) is 30.4 Å². The van der Waals surface area contributed by atoms with Gasteiger partial charge in [-0.25, -0.2) is 4.98 Å². The fourth-order valence-electron chi connectivity index (χ4n) is 2.12. The molecule has 0 spiro atoms. The van der Waals surface area contributed by atoms with E-state index in [0.717, 1.165) is 32.5 Å². The number of benzene rings is 1. The first-order chi connectivity index (χ1) is 9.75. The van der Waals surface area contributed by atoms with Crippen LogP contribution in [0.4, 0.5) is 5.69 Å². The van der Waals surface area contributed by atoms with E-state index in [1.807, 2.05) is 24.8 Å². The van der Waals surface area contributed by atoms with Crippen molar-refractivity contribution in [2.45, 2.75) is 19.4 Å². The van der Waals surface area contributed by atoms with E-state index >= 15 is 0 Å². The van der Waals surface area contributed by atoms with Crippen molar-refractivity contribution in [2.75, 3.05) is 18.0 Å². The summed E-state index contributed by atoms with van der Waals surface area (Å²) in [4.78, 5) is 6.95. The maximum absolute atomic E-state index is 5.62. The second-order valence-electron chi connectivity index (χ2n) is 4.69. The largest absolute Gasteiger partial charge is 0.393 e. The summed E-state index contributed by atoms with van der Waals surface area (Å²) in [5, 5.41) is 0. The highest BCUT2D eigenvalue weighted by atomic mass is 32.1. The van der Waals surface area contributed by atoms with Crippen molar-refractivity contribution in [1.29, 1.82) is 0 Å². The first-order valence-electron chi connectivity index (χ1n) is 6.80. The summed E-state index contributed by atoms with van der Waals surface area (Å²) >= 11 is 4.98. The molecule has 2 aromatic rings. The lowest BCUT2D eigenvalue weighted by Crippen LogP contribution is -2.29. The summed E-state index contributed by atoms with van der Waals surface area (Å²) in [5.41, 5.74) is 6.83. The lowest BCUT2D eigenvalue weighted by atomic mass is 10.2. The Morgan fingerprint density at radius 1 is 1.25 bits per heavy atom. The first kappa shape index (κ1) is 14.5. The number of anilines is 1. The van der Waals surface area contributed by atoms with Crippen molar-refractivity contribution >= 4 is 22.9 Å². The van der Waals surface area contributed by atoms with Gasteiger partial charge in [0.05, 0.1) is 11.3 Å². The van der Waals surface area contributed by atoms with Crippen LogP contribution in [0.25, 0.3) is 0 Å². The van der Waals surface area contributed by atoms with E-state index in [0.29, 0.717) is 4.99 Å². The molecule has 2 rings (SSSR count). The number of thiocarbonyl (C=S) groups is 1. The molecule has 1 aromatic heterocycles. The van der Waals surface area contributed by atoms with Gasteiger partial charge in [0.25, 0.3) is 0 Å². The van der Waals surface area contributed by atoms with Crippen LogP contribution < -0.4 is 10.6 Å². The van der Waals surface area contributed by atoms with Gasteiger partial charge in [-0.3, -0.25) is 0 Å². The van der Waals surface area contributed by atoms with Crippen LogP contribution in [0.5, 0.6) is 0 Å². The van der Waals surface area contributed by atoms with Crippen molar-refractivity contribution in [3.8, 4) is 0 Å². The Bertz CT molecular complexity index is 510. The number of hydrogen-bond donors (Lipinski definition) is 1. The van der Waals surface area contributed by atoms with E-state index in [1.165, 1.54) is 5.69 Å². The van der Waals surface area contributed by atoms with Gasteiger partial charge in [0.1, 0.15) is 0 Å². The van der Waals surface area contributed by atoms with Crippen LogP contribution >= 0.6 is 12.2 Å². The average Bonchev–Trinajstić information content (AvgIpc) is 2.96. The number of nitrogens with zero attached hydrogens (tertiary/aromatic N) is 3. The van der Waals surface area contributed by atoms with Crippen molar-refractivity contribution in [3.63, 3.8) is 0 Å². The van der Waals surface area contributed by atoms with Crippen molar-refractivity contribution in [2.24, 2.45) is 5.73 Å². The van der Waals surface area contributed by atoms with Gasteiger partial charge < -0.3 is 15.2 Å². The lowest BCUT2D eigenvalue weighted by molar-refractivity contribution is 0.624. The Balaban J connectivity index is 1.90. The highest BCUT2D eigenvalue weighted by Crippen LogP contribution is 2.14. The molecule has 0 atom stereocenters. The highest BCUT2D eigenvalue weighted by molar-refractivity contribution is 7.80. The molecule has 2 N–H and O–H groups in total. The zero-order valence-electron chi connectivity index (χ0n) is 11.5. The molecule has 0 aliphatic carbocycles. The van der Waals surface area contributed by atoms with Crippen LogP contribution in [-0.4, -0.2) is 27.6 Å². The fourth-order valence-corrected chi connectivity index (χ4v) is 2.21. The van der Waals surface area contributed by atoms with Crippen LogP contribution in [-0.2, 0) is 6.54 Å². The zero-order valence-corrected chi connectivity index (χ0v) is 12.3. The predicted molar refractivity (Wildman–Crippen MR) is 86.9 cm³/mol. The van der Waals surface area contributed by atoms with Gasteiger partial charge in [0, 0.05) is 44.1 Å². The third-order valence-electron chi connectivity index (χ3n) is 3.15. The van der Waals surface area contributed by atoms with Crippen LogP contribution in [0.15, 0.2) is 49.1 Å². The van der Waals surface area contributed by atoms with Gasteiger partial charge in [-0.15, -0.1) is 0 Å². The Kier molecular flexibility index (Phi) is 5.55. The second-order valence-corrected chi connectivity index (χ2v) is 5.22. The molecule has 0 saturated carbocycles. The molecule has 0 unspecified atom stereocenters. The van der Waals surface area contributed by atoms with Crippen molar-refractivity contribution in [3.05, 3.63) is 49.1 Å². The summed E-state index contributed by atoms with van der Waals surface area (Å²) in [7, 11) is 0. The summed E-state index contributed by atoms with van der Waals surface area (Å²) in [6.07, 6.45) is 7.45. The van der Waals surface area contributed by atoms with E-state index in [-0.39, 0.29) is 0 Å². The topological polar surface area (TPSA) is 47.1 Å². The molecule has 0 amide bonds. The van der Waals surface area contributed by atoms with Gasteiger partial charge >= 0.3 is 0 Å². The van der Waals surface area contributed by atoms with Crippen LogP contribution in [0.3, 0.4) is 0 Å². The number of hydrogen-bond acceptors (Lipinski definition) is 3. The maximum atomic E-state index is 5.62. The average molecular weight is 288 g/mol. The number of nitrogens with two attached hydrogens (primary N) is 1. The van der Waals surface area contributed by atoms with Crippen LogP contribution in [0.1, 0.15) is 12.8 Å². The summed E-state index contributed by atoms with van der Waals surface area (Å²) in [6, 6.07) is 10.4. The Hall–Kier alpha value is -1.88. The summed E-state index contributed by atoms with van der Waals surface area (Å²) < 4.78 is 2.09. The van der Waals surface area contributed by atoms with Gasteiger partial charge in [-0.2, -0.15) is 0 Å². The maximum Gasteiger partial charge on any atom is 0.0945 e. The third kappa shape index (κ3) is 4.66. The van der Waals surface area contributed by atoms with E-state index in [2.05, 4.69) is 38.7 Å². The number of imidazole rings is 1. The number of rotatable bonds is 8. The Labute approximate surface area is 125 Å². The smallest absolute Gasteiger partial charge is 0.0945 e. The SMILES string of the molecule is NC(=S)CCN(CCCn1ccnc1)c1ccccc1. The molecule has 5 heteroatoms. The molecule has 4 nitrogen and oxygen atoms in total. The molecule has 106 valence electrons. The quantitative estimate of drug-likeness (QED) is 0.758. The van der Waals surface area contributed by atoms with Gasteiger partial charge in [0.2, 0.25) is 0 Å². The van der Waals surface area contributed by atoms with Gasteiger partial charge in [0.15, 0.2) is 0 Å². The zero-order chi connectivity index (χ0) is 14.2. The Morgan fingerprint density at radius 2 is 2.05 bits per heavy atom.